The Balaban J connectivity index is 1.69. The topological polar surface area (TPSA) is 107 Å². The van der Waals surface area contributed by atoms with E-state index in [-0.39, 0.29) is 11.5 Å². The molecule has 188 valence electrons. The largest absolute Gasteiger partial charge is 0.497 e. The standard InChI is InChI=1S/C30H30N4O3/c1-37-25-16-21(9-6-8-14-35)15-24(17-25)34-29(28(31)18-23-12-5-7-13-33-23)30(36)27-20-32-19-26(27)22-10-3-2-4-11-22/h2-5,7,10-20,29,31-34H,6,8-9H2,1H3/b23-18-,31-28?. The van der Waals surface area contributed by atoms with E-state index in [4.69, 9.17) is 10.1 Å². The first kappa shape index (κ1) is 25.4. The van der Waals surface area contributed by atoms with E-state index < -0.39 is 6.04 Å². The maximum atomic E-state index is 14.0. The van der Waals surface area contributed by atoms with Gasteiger partial charge in [-0.25, -0.2) is 0 Å². The Kier molecular flexibility index (Phi) is 8.49. The highest BCUT2D eigenvalue weighted by molar-refractivity contribution is 6.22. The second-order valence-corrected chi connectivity index (χ2v) is 8.64. The van der Waals surface area contributed by atoms with Gasteiger partial charge >= 0.3 is 0 Å². The van der Waals surface area contributed by atoms with Crippen LogP contribution in [0.1, 0.15) is 28.8 Å². The van der Waals surface area contributed by atoms with Crippen molar-refractivity contribution in [1.29, 1.82) is 5.41 Å². The van der Waals surface area contributed by atoms with Crippen LogP contribution in [-0.4, -0.2) is 35.9 Å². The Morgan fingerprint density at radius 1 is 1.14 bits per heavy atom. The molecule has 2 heterocycles. The van der Waals surface area contributed by atoms with Crippen LogP contribution in [0.5, 0.6) is 5.75 Å². The van der Waals surface area contributed by atoms with E-state index in [0.717, 1.165) is 29.4 Å². The summed E-state index contributed by atoms with van der Waals surface area (Å²) in [6, 6.07) is 14.4. The summed E-state index contributed by atoms with van der Waals surface area (Å²) in [5.74, 6) is 0.401. The zero-order valence-corrected chi connectivity index (χ0v) is 20.7. The minimum absolute atomic E-state index is 0.109. The van der Waals surface area contributed by atoms with Crippen molar-refractivity contribution in [3.63, 3.8) is 0 Å². The highest BCUT2D eigenvalue weighted by atomic mass is 16.5. The fourth-order valence-corrected chi connectivity index (χ4v) is 4.17. The maximum absolute atomic E-state index is 14.0. The monoisotopic (exact) mass is 494 g/mol. The van der Waals surface area contributed by atoms with Gasteiger partial charge in [-0.15, -0.1) is 0 Å². The number of rotatable bonds is 12. The van der Waals surface area contributed by atoms with Crippen LogP contribution in [0.2, 0.25) is 0 Å². The number of aryl methyl sites for hydroxylation is 1. The number of hydrogen-bond acceptors (Lipinski definition) is 6. The van der Waals surface area contributed by atoms with Gasteiger partial charge in [0.15, 0.2) is 5.78 Å². The highest BCUT2D eigenvalue weighted by Crippen LogP contribution is 2.27. The summed E-state index contributed by atoms with van der Waals surface area (Å²) >= 11 is 0. The number of carbonyl (C=O) groups excluding carboxylic acids is 2. The molecule has 3 aromatic rings. The Bertz CT molecular complexity index is 1350. The van der Waals surface area contributed by atoms with Crippen LogP contribution in [0, 0.1) is 5.41 Å². The van der Waals surface area contributed by atoms with Crippen LogP contribution in [0.25, 0.3) is 11.1 Å². The second-order valence-electron chi connectivity index (χ2n) is 8.64. The van der Waals surface area contributed by atoms with Crippen molar-refractivity contribution in [3.8, 4) is 16.9 Å². The fourth-order valence-electron chi connectivity index (χ4n) is 4.17. The lowest BCUT2D eigenvalue weighted by Crippen LogP contribution is -2.37. The van der Waals surface area contributed by atoms with Crippen molar-refractivity contribution < 1.29 is 14.3 Å². The summed E-state index contributed by atoms with van der Waals surface area (Å²) in [6.45, 7) is 0. The maximum Gasteiger partial charge on any atom is 0.193 e. The molecule has 4 N–H and O–H groups in total. The number of anilines is 1. The van der Waals surface area contributed by atoms with Gasteiger partial charge in [0.25, 0.3) is 0 Å². The smallest absolute Gasteiger partial charge is 0.193 e. The first-order valence-corrected chi connectivity index (χ1v) is 12.1. The molecule has 0 bridgehead atoms. The number of aldehydes is 1. The van der Waals surface area contributed by atoms with Crippen LogP contribution in [0.15, 0.2) is 97.1 Å². The number of methoxy groups -OCH3 is 1. The van der Waals surface area contributed by atoms with Crippen LogP contribution in [-0.2, 0) is 11.2 Å². The molecule has 7 heteroatoms. The average Bonchev–Trinajstić information content (AvgIpc) is 3.42. The van der Waals surface area contributed by atoms with Crippen molar-refractivity contribution in [2.45, 2.75) is 25.3 Å². The van der Waals surface area contributed by atoms with Crippen LogP contribution < -0.4 is 15.4 Å². The molecular weight excluding hydrogens is 464 g/mol. The highest BCUT2D eigenvalue weighted by Gasteiger charge is 2.27. The van der Waals surface area contributed by atoms with E-state index in [9.17, 15) is 9.59 Å². The van der Waals surface area contributed by atoms with Gasteiger partial charge in [-0.2, -0.15) is 0 Å². The van der Waals surface area contributed by atoms with Gasteiger partial charge in [0.05, 0.1) is 12.8 Å². The fraction of sp³-hybridized carbons (Fsp3) is 0.167. The molecule has 4 rings (SSSR count). The number of allylic oxidation sites excluding steroid dienone is 3. The molecule has 7 nitrogen and oxygen atoms in total. The van der Waals surface area contributed by atoms with Gasteiger partial charge in [0.1, 0.15) is 18.1 Å². The summed E-state index contributed by atoms with van der Waals surface area (Å²) in [5.41, 5.74) is 4.64. The molecule has 1 unspecified atom stereocenters. The predicted octanol–water partition coefficient (Wildman–Crippen LogP) is 5.45. The predicted molar refractivity (Wildman–Crippen MR) is 147 cm³/mol. The van der Waals surface area contributed by atoms with Crippen molar-refractivity contribution in [2.24, 2.45) is 0 Å². The van der Waals surface area contributed by atoms with Gasteiger partial charge in [0.2, 0.25) is 0 Å². The number of nitrogens with one attached hydrogen (secondary N) is 4. The Morgan fingerprint density at radius 2 is 1.97 bits per heavy atom. The van der Waals surface area contributed by atoms with Crippen LogP contribution >= 0.6 is 0 Å². The molecule has 37 heavy (non-hydrogen) atoms. The van der Waals surface area contributed by atoms with E-state index in [0.29, 0.717) is 35.5 Å². The normalized spacial score (nSPS) is 14.1. The second kappa shape index (κ2) is 12.4. The molecule has 1 atom stereocenters. The van der Waals surface area contributed by atoms with Crippen LogP contribution in [0.4, 0.5) is 5.69 Å². The number of hydrogen-bond donors (Lipinski definition) is 4. The minimum atomic E-state index is -0.957. The van der Waals surface area contributed by atoms with E-state index in [1.54, 1.807) is 37.8 Å². The number of Topliss-reactive ketones (excluding diaryl/α,β-unsaturated/α-hetero) is 1. The number of ether oxygens (including phenoxy) is 1. The summed E-state index contributed by atoms with van der Waals surface area (Å²) in [6.07, 6.45) is 15.3. The van der Waals surface area contributed by atoms with E-state index >= 15 is 0 Å². The van der Waals surface area contributed by atoms with E-state index in [2.05, 4.69) is 15.6 Å². The zero-order chi connectivity index (χ0) is 26.0. The number of aromatic nitrogens is 1. The number of ketones is 1. The first-order valence-electron chi connectivity index (χ1n) is 12.1. The molecule has 1 aliphatic heterocycles. The molecule has 0 fully saturated rings. The third-order valence-electron chi connectivity index (χ3n) is 6.01. The molecular formula is C30H30N4O3. The Hall–Kier alpha value is -4.65. The number of carbonyl (C=O) groups is 2. The van der Waals surface area contributed by atoms with Gasteiger partial charge in [0, 0.05) is 53.6 Å². The first-order chi connectivity index (χ1) is 18.1. The summed E-state index contributed by atoms with van der Waals surface area (Å²) in [7, 11) is 1.59. The zero-order valence-electron chi connectivity index (χ0n) is 20.7. The SMILES string of the molecule is COc1cc(CCCC=O)cc(NC(C(=N)/C=C2/C=CC=CN2)C(=O)c2c[nH]cc2-c2ccccc2)c1. The van der Waals surface area contributed by atoms with E-state index in [1.165, 1.54) is 0 Å². The lowest BCUT2D eigenvalue weighted by molar-refractivity contribution is -0.107. The van der Waals surface area contributed by atoms with Crippen molar-refractivity contribution in [1.82, 2.24) is 10.3 Å². The minimum Gasteiger partial charge on any atom is -0.497 e. The van der Waals surface area contributed by atoms with E-state index in [1.807, 2.05) is 60.7 Å². The summed E-state index contributed by atoms with van der Waals surface area (Å²) < 4.78 is 5.48. The molecule has 0 radical (unpaired) electrons. The lowest BCUT2D eigenvalue weighted by Gasteiger charge is -2.21. The number of aromatic amines is 1. The van der Waals surface area contributed by atoms with Crippen molar-refractivity contribution >= 4 is 23.5 Å². The van der Waals surface area contributed by atoms with Crippen molar-refractivity contribution in [3.05, 3.63) is 108 Å². The number of H-pyrrole nitrogens is 1. The average molecular weight is 495 g/mol. The van der Waals surface area contributed by atoms with Crippen LogP contribution in [0.3, 0.4) is 0 Å². The van der Waals surface area contributed by atoms with Gasteiger partial charge in [-0.1, -0.05) is 36.4 Å². The molecule has 0 saturated heterocycles. The number of benzene rings is 2. The summed E-state index contributed by atoms with van der Waals surface area (Å²) in [5, 5.41) is 15.3. The molecule has 1 aromatic heterocycles. The number of unbranched alkanes of at least 4 members (excludes halogenated alkanes) is 1. The van der Waals surface area contributed by atoms with Crippen molar-refractivity contribution in [2.75, 3.05) is 12.4 Å². The molecule has 2 aromatic carbocycles. The Morgan fingerprint density at radius 3 is 2.70 bits per heavy atom. The third-order valence-corrected chi connectivity index (χ3v) is 6.01. The third kappa shape index (κ3) is 6.52. The van der Waals surface area contributed by atoms with Gasteiger partial charge in [-0.05, 0) is 54.3 Å². The molecule has 1 aliphatic rings. The van der Waals surface area contributed by atoms with Gasteiger partial charge < -0.3 is 30.6 Å². The lowest BCUT2D eigenvalue weighted by atomic mass is 9.95. The molecule has 0 saturated carbocycles. The van der Waals surface area contributed by atoms with Gasteiger partial charge in [-0.3, -0.25) is 4.79 Å². The Labute approximate surface area is 216 Å². The number of dihydropyridines is 1. The molecule has 0 spiro atoms. The summed E-state index contributed by atoms with van der Waals surface area (Å²) in [4.78, 5) is 27.8. The molecule has 0 amide bonds. The quantitative estimate of drug-likeness (QED) is 0.116. The molecule has 0 aliphatic carbocycles.